The second-order valence-electron chi connectivity index (χ2n) is 6.31. The van der Waals surface area contributed by atoms with Crippen molar-refractivity contribution in [2.45, 2.75) is 26.3 Å². The number of nitrogens with one attached hydrogen (secondary N) is 1. The molecule has 1 heterocycles. The molecule has 0 unspecified atom stereocenters. The number of rotatable bonds is 7. The number of hydrogen-bond acceptors (Lipinski definition) is 3. The molecule has 0 aliphatic carbocycles. The molecule has 0 aromatic heterocycles. The van der Waals surface area contributed by atoms with E-state index in [-0.39, 0.29) is 5.82 Å². The van der Waals surface area contributed by atoms with Gasteiger partial charge in [0.25, 0.3) is 0 Å². The molecule has 1 fully saturated rings. The van der Waals surface area contributed by atoms with Crippen molar-refractivity contribution in [3.05, 3.63) is 59.4 Å². The number of ether oxygens (including phenoxy) is 1. The summed E-state index contributed by atoms with van der Waals surface area (Å²) in [5.74, 6) is 0.724. The highest BCUT2D eigenvalue weighted by molar-refractivity contribution is 5.57. The highest BCUT2D eigenvalue weighted by Crippen LogP contribution is 2.26. The van der Waals surface area contributed by atoms with E-state index in [9.17, 15) is 4.39 Å². The zero-order chi connectivity index (χ0) is 16.8. The van der Waals surface area contributed by atoms with Crippen LogP contribution in [0.25, 0.3) is 0 Å². The molecule has 24 heavy (non-hydrogen) atoms. The monoisotopic (exact) mass is 328 g/mol. The molecule has 1 aliphatic rings. The molecule has 0 bridgehead atoms. The molecule has 2 aromatic rings. The second-order valence-corrected chi connectivity index (χ2v) is 6.31. The maximum Gasteiger partial charge on any atom is 0.124 e. The van der Waals surface area contributed by atoms with Gasteiger partial charge in [-0.2, -0.15) is 0 Å². The Balaban J connectivity index is 1.54. The zero-order valence-electron chi connectivity index (χ0n) is 14.2. The summed E-state index contributed by atoms with van der Waals surface area (Å²) in [6.07, 6.45) is 2.61. The van der Waals surface area contributed by atoms with Crippen LogP contribution in [0.1, 0.15) is 24.0 Å². The van der Waals surface area contributed by atoms with Gasteiger partial charge in [0, 0.05) is 24.3 Å². The first-order chi connectivity index (χ1) is 11.7. The standard InChI is InChI=1S/C20H25FN2O/c1-16-19(22-15-17-7-9-18(21)10-8-17)5-4-6-20(16)24-14-13-23-11-2-3-12-23/h4-10,22H,2-3,11-15H2,1H3. The lowest BCUT2D eigenvalue weighted by atomic mass is 10.1. The molecule has 1 saturated heterocycles. The van der Waals surface area contributed by atoms with E-state index >= 15 is 0 Å². The Hall–Kier alpha value is -2.07. The lowest BCUT2D eigenvalue weighted by Gasteiger charge is -2.17. The normalized spacial score (nSPS) is 14.8. The first-order valence-electron chi connectivity index (χ1n) is 8.65. The van der Waals surface area contributed by atoms with Crippen LogP contribution in [0.15, 0.2) is 42.5 Å². The maximum atomic E-state index is 13.0. The minimum Gasteiger partial charge on any atom is -0.492 e. The number of hydrogen-bond donors (Lipinski definition) is 1. The summed E-state index contributed by atoms with van der Waals surface area (Å²) in [7, 11) is 0. The highest BCUT2D eigenvalue weighted by atomic mass is 19.1. The van der Waals surface area contributed by atoms with Crippen LogP contribution in [0.3, 0.4) is 0 Å². The SMILES string of the molecule is Cc1c(NCc2ccc(F)cc2)cccc1OCCN1CCCC1. The topological polar surface area (TPSA) is 24.5 Å². The van der Waals surface area contributed by atoms with Crippen LogP contribution >= 0.6 is 0 Å². The van der Waals surface area contributed by atoms with E-state index in [4.69, 9.17) is 4.74 Å². The van der Waals surface area contributed by atoms with Gasteiger partial charge in [-0.05, 0) is 62.7 Å². The smallest absolute Gasteiger partial charge is 0.124 e. The van der Waals surface area contributed by atoms with Gasteiger partial charge in [-0.15, -0.1) is 0 Å². The summed E-state index contributed by atoms with van der Waals surface area (Å²) in [6.45, 7) is 6.84. The van der Waals surface area contributed by atoms with Crippen LogP contribution in [-0.4, -0.2) is 31.1 Å². The summed E-state index contributed by atoms with van der Waals surface area (Å²) < 4.78 is 18.9. The first-order valence-corrected chi connectivity index (χ1v) is 8.65. The third kappa shape index (κ3) is 4.48. The predicted molar refractivity (Wildman–Crippen MR) is 96.1 cm³/mol. The van der Waals surface area contributed by atoms with E-state index in [0.717, 1.165) is 35.7 Å². The summed E-state index contributed by atoms with van der Waals surface area (Å²) in [6, 6.07) is 12.6. The van der Waals surface area contributed by atoms with E-state index in [2.05, 4.69) is 17.1 Å². The van der Waals surface area contributed by atoms with E-state index < -0.39 is 0 Å². The molecular formula is C20H25FN2O. The van der Waals surface area contributed by atoms with Gasteiger partial charge in [0.2, 0.25) is 0 Å². The Morgan fingerprint density at radius 2 is 1.83 bits per heavy atom. The largest absolute Gasteiger partial charge is 0.492 e. The van der Waals surface area contributed by atoms with Crippen molar-refractivity contribution >= 4 is 5.69 Å². The van der Waals surface area contributed by atoms with Crippen molar-refractivity contribution in [2.75, 3.05) is 31.6 Å². The first kappa shape index (κ1) is 16.8. The fourth-order valence-electron chi connectivity index (χ4n) is 3.05. The van der Waals surface area contributed by atoms with Crippen molar-refractivity contribution < 1.29 is 9.13 Å². The quantitative estimate of drug-likeness (QED) is 0.823. The van der Waals surface area contributed by atoms with Crippen LogP contribution in [0.4, 0.5) is 10.1 Å². The van der Waals surface area contributed by atoms with Gasteiger partial charge in [-0.1, -0.05) is 18.2 Å². The fraction of sp³-hybridized carbons (Fsp3) is 0.400. The van der Waals surface area contributed by atoms with Crippen LogP contribution in [-0.2, 0) is 6.54 Å². The molecule has 1 N–H and O–H groups in total. The van der Waals surface area contributed by atoms with Crippen molar-refractivity contribution in [1.82, 2.24) is 4.90 Å². The molecule has 0 spiro atoms. The Bertz CT molecular complexity index is 651. The number of benzene rings is 2. The van der Waals surface area contributed by atoms with Crippen LogP contribution in [0, 0.1) is 12.7 Å². The van der Waals surface area contributed by atoms with Crippen LogP contribution in [0.5, 0.6) is 5.75 Å². The number of likely N-dealkylation sites (tertiary alicyclic amines) is 1. The third-order valence-electron chi connectivity index (χ3n) is 4.54. The Kier molecular flexibility index (Phi) is 5.70. The molecule has 0 amide bonds. The molecule has 1 aliphatic heterocycles. The fourth-order valence-corrected chi connectivity index (χ4v) is 3.05. The molecule has 0 radical (unpaired) electrons. The van der Waals surface area contributed by atoms with Crippen molar-refractivity contribution in [3.8, 4) is 5.75 Å². The van der Waals surface area contributed by atoms with Gasteiger partial charge in [0.15, 0.2) is 0 Å². The van der Waals surface area contributed by atoms with E-state index in [1.165, 1.54) is 38.1 Å². The van der Waals surface area contributed by atoms with Crippen LogP contribution in [0.2, 0.25) is 0 Å². The number of halogens is 1. The molecule has 0 saturated carbocycles. The van der Waals surface area contributed by atoms with Gasteiger partial charge in [-0.3, -0.25) is 4.90 Å². The Morgan fingerprint density at radius 1 is 1.08 bits per heavy atom. The summed E-state index contributed by atoms with van der Waals surface area (Å²) in [4.78, 5) is 2.45. The summed E-state index contributed by atoms with van der Waals surface area (Å²) >= 11 is 0. The van der Waals surface area contributed by atoms with Gasteiger partial charge < -0.3 is 10.1 Å². The minimum absolute atomic E-state index is 0.205. The molecular weight excluding hydrogens is 303 g/mol. The molecule has 2 aromatic carbocycles. The lowest BCUT2D eigenvalue weighted by Crippen LogP contribution is -2.25. The van der Waals surface area contributed by atoms with Gasteiger partial charge in [-0.25, -0.2) is 4.39 Å². The Labute approximate surface area is 143 Å². The highest BCUT2D eigenvalue weighted by Gasteiger charge is 2.11. The van der Waals surface area contributed by atoms with Crippen molar-refractivity contribution in [1.29, 1.82) is 0 Å². The Morgan fingerprint density at radius 3 is 2.58 bits per heavy atom. The molecule has 0 atom stereocenters. The zero-order valence-corrected chi connectivity index (χ0v) is 14.2. The average Bonchev–Trinajstić information content (AvgIpc) is 3.10. The van der Waals surface area contributed by atoms with E-state index in [1.807, 2.05) is 18.2 Å². The third-order valence-corrected chi connectivity index (χ3v) is 4.54. The minimum atomic E-state index is -0.205. The van der Waals surface area contributed by atoms with Gasteiger partial charge in [0.1, 0.15) is 18.2 Å². The lowest BCUT2D eigenvalue weighted by molar-refractivity contribution is 0.237. The number of nitrogens with zero attached hydrogens (tertiary/aromatic N) is 1. The van der Waals surface area contributed by atoms with Crippen LogP contribution < -0.4 is 10.1 Å². The second kappa shape index (κ2) is 8.15. The summed E-state index contributed by atoms with van der Waals surface area (Å²) in [5.41, 5.74) is 3.22. The molecule has 3 nitrogen and oxygen atoms in total. The predicted octanol–water partition coefficient (Wildman–Crippen LogP) is 4.22. The molecule has 4 heteroatoms. The number of anilines is 1. The summed E-state index contributed by atoms with van der Waals surface area (Å²) in [5, 5.41) is 3.41. The van der Waals surface area contributed by atoms with E-state index in [0.29, 0.717) is 6.54 Å². The van der Waals surface area contributed by atoms with Crippen molar-refractivity contribution in [3.63, 3.8) is 0 Å². The average molecular weight is 328 g/mol. The maximum absolute atomic E-state index is 13.0. The van der Waals surface area contributed by atoms with Gasteiger partial charge in [0.05, 0.1) is 0 Å². The molecule has 128 valence electrons. The van der Waals surface area contributed by atoms with Gasteiger partial charge >= 0.3 is 0 Å². The van der Waals surface area contributed by atoms with Crippen molar-refractivity contribution in [2.24, 2.45) is 0 Å². The van der Waals surface area contributed by atoms with E-state index in [1.54, 1.807) is 12.1 Å². The molecule has 3 rings (SSSR count).